The SMILES string of the molecule is N#Cc1ccc(CSc2nc(-c3ccc4c(c3)OCO4)ccc2C#N)cc1. The Kier molecular flexibility index (Phi) is 4.65. The van der Waals surface area contributed by atoms with Gasteiger partial charge < -0.3 is 9.47 Å². The Hall–Kier alpha value is -3.48. The van der Waals surface area contributed by atoms with E-state index < -0.39 is 0 Å². The van der Waals surface area contributed by atoms with E-state index in [1.807, 2.05) is 36.4 Å². The molecule has 1 aromatic heterocycles. The number of aromatic nitrogens is 1. The van der Waals surface area contributed by atoms with Crippen molar-refractivity contribution in [3.8, 4) is 34.9 Å². The van der Waals surface area contributed by atoms with Gasteiger partial charge in [-0.1, -0.05) is 12.1 Å². The molecule has 0 unspecified atom stereocenters. The summed E-state index contributed by atoms with van der Waals surface area (Å²) in [5, 5.41) is 19.0. The number of nitrogens with zero attached hydrogens (tertiary/aromatic N) is 3. The fraction of sp³-hybridized carbons (Fsp3) is 0.0952. The molecule has 0 amide bonds. The predicted octanol–water partition coefficient (Wildman–Crippen LogP) is 4.51. The number of nitriles is 2. The molecule has 0 fully saturated rings. The van der Waals surface area contributed by atoms with Crippen LogP contribution in [0, 0.1) is 22.7 Å². The molecule has 0 aliphatic carbocycles. The van der Waals surface area contributed by atoms with Crippen LogP contribution in [0.25, 0.3) is 11.3 Å². The number of hydrogen-bond donors (Lipinski definition) is 0. The van der Waals surface area contributed by atoms with Gasteiger partial charge in [-0.15, -0.1) is 11.8 Å². The van der Waals surface area contributed by atoms with Crippen molar-refractivity contribution in [2.75, 3.05) is 6.79 Å². The van der Waals surface area contributed by atoms with Crippen LogP contribution in [-0.4, -0.2) is 11.8 Å². The molecule has 0 bridgehead atoms. The zero-order valence-electron chi connectivity index (χ0n) is 14.2. The fourth-order valence-corrected chi connectivity index (χ4v) is 3.61. The molecule has 0 saturated carbocycles. The van der Waals surface area contributed by atoms with Crippen molar-refractivity contribution >= 4 is 11.8 Å². The second kappa shape index (κ2) is 7.41. The maximum atomic E-state index is 9.40. The van der Waals surface area contributed by atoms with Crippen LogP contribution in [-0.2, 0) is 5.75 Å². The summed E-state index contributed by atoms with van der Waals surface area (Å²) >= 11 is 1.50. The summed E-state index contributed by atoms with van der Waals surface area (Å²) in [6, 6.07) is 21.0. The Morgan fingerprint density at radius 3 is 2.52 bits per heavy atom. The molecule has 27 heavy (non-hydrogen) atoms. The first-order chi connectivity index (χ1) is 13.3. The summed E-state index contributed by atoms with van der Waals surface area (Å²) < 4.78 is 10.8. The number of thioether (sulfide) groups is 1. The summed E-state index contributed by atoms with van der Waals surface area (Å²) in [5.74, 6) is 2.09. The lowest BCUT2D eigenvalue weighted by atomic mass is 10.1. The number of benzene rings is 2. The van der Waals surface area contributed by atoms with Gasteiger partial charge in [0.25, 0.3) is 0 Å². The lowest BCUT2D eigenvalue weighted by Gasteiger charge is -2.08. The lowest BCUT2D eigenvalue weighted by Crippen LogP contribution is -1.93. The summed E-state index contributed by atoms with van der Waals surface area (Å²) in [4.78, 5) is 4.68. The van der Waals surface area contributed by atoms with Gasteiger partial charge in [-0.25, -0.2) is 4.98 Å². The van der Waals surface area contributed by atoms with E-state index in [1.54, 1.807) is 18.2 Å². The number of ether oxygens (including phenoxy) is 2. The van der Waals surface area contributed by atoms with Crippen molar-refractivity contribution in [2.45, 2.75) is 10.8 Å². The van der Waals surface area contributed by atoms with Crippen LogP contribution in [0.1, 0.15) is 16.7 Å². The maximum Gasteiger partial charge on any atom is 0.231 e. The smallest absolute Gasteiger partial charge is 0.231 e. The van der Waals surface area contributed by atoms with Gasteiger partial charge in [-0.2, -0.15) is 10.5 Å². The van der Waals surface area contributed by atoms with Gasteiger partial charge in [-0.3, -0.25) is 0 Å². The first-order valence-corrected chi connectivity index (χ1v) is 9.18. The van der Waals surface area contributed by atoms with Crippen molar-refractivity contribution in [1.29, 1.82) is 10.5 Å². The van der Waals surface area contributed by atoms with Crippen molar-refractivity contribution in [3.63, 3.8) is 0 Å². The maximum absolute atomic E-state index is 9.40. The number of pyridine rings is 1. The van der Waals surface area contributed by atoms with Gasteiger partial charge in [-0.05, 0) is 48.0 Å². The highest BCUT2D eigenvalue weighted by Crippen LogP contribution is 2.36. The van der Waals surface area contributed by atoms with Crippen LogP contribution in [0.5, 0.6) is 11.5 Å². The average molecular weight is 371 g/mol. The van der Waals surface area contributed by atoms with Crippen molar-refractivity contribution in [1.82, 2.24) is 4.98 Å². The van der Waals surface area contributed by atoms with E-state index in [4.69, 9.17) is 14.7 Å². The van der Waals surface area contributed by atoms with E-state index in [9.17, 15) is 5.26 Å². The normalized spacial score (nSPS) is 11.6. The van der Waals surface area contributed by atoms with Gasteiger partial charge in [0, 0.05) is 11.3 Å². The monoisotopic (exact) mass is 371 g/mol. The highest BCUT2D eigenvalue weighted by Gasteiger charge is 2.15. The molecule has 6 heteroatoms. The van der Waals surface area contributed by atoms with Gasteiger partial charge in [0.05, 0.1) is 22.9 Å². The highest BCUT2D eigenvalue weighted by atomic mass is 32.2. The highest BCUT2D eigenvalue weighted by molar-refractivity contribution is 7.98. The number of rotatable bonds is 4. The molecule has 0 radical (unpaired) electrons. The van der Waals surface area contributed by atoms with Crippen LogP contribution < -0.4 is 9.47 Å². The summed E-state index contributed by atoms with van der Waals surface area (Å²) in [6.07, 6.45) is 0. The standard InChI is InChI=1S/C21H13N3O2S/c22-10-14-1-3-15(4-2-14)12-27-21-17(11-23)5-7-18(24-21)16-6-8-19-20(9-16)26-13-25-19/h1-9H,12-13H2. The van der Waals surface area contributed by atoms with E-state index in [0.29, 0.717) is 27.7 Å². The van der Waals surface area contributed by atoms with Crippen LogP contribution >= 0.6 is 11.8 Å². The Bertz CT molecular complexity index is 1080. The van der Waals surface area contributed by atoms with Crippen LogP contribution in [0.2, 0.25) is 0 Å². The summed E-state index contributed by atoms with van der Waals surface area (Å²) in [6.45, 7) is 0.227. The molecule has 0 spiro atoms. The first-order valence-electron chi connectivity index (χ1n) is 8.20. The quantitative estimate of drug-likeness (QED) is 0.628. The third kappa shape index (κ3) is 3.57. The molecular weight excluding hydrogens is 358 g/mol. The minimum Gasteiger partial charge on any atom is -0.454 e. The second-order valence-electron chi connectivity index (χ2n) is 5.83. The van der Waals surface area contributed by atoms with Gasteiger partial charge in [0.15, 0.2) is 11.5 Å². The van der Waals surface area contributed by atoms with Crippen molar-refractivity contribution in [2.24, 2.45) is 0 Å². The molecule has 2 aromatic carbocycles. The van der Waals surface area contributed by atoms with E-state index in [1.165, 1.54) is 11.8 Å². The Morgan fingerprint density at radius 1 is 0.926 bits per heavy atom. The molecule has 0 N–H and O–H groups in total. The van der Waals surface area contributed by atoms with E-state index in [0.717, 1.165) is 22.6 Å². The van der Waals surface area contributed by atoms with Crippen molar-refractivity contribution < 1.29 is 9.47 Å². The molecule has 3 aromatic rings. The van der Waals surface area contributed by atoms with Crippen molar-refractivity contribution in [3.05, 3.63) is 71.3 Å². The Balaban J connectivity index is 1.59. The molecular formula is C21H13N3O2S. The van der Waals surface area contributed by atoms with E-state index in [2.05, 4.69) is 17.1 Å². The molecule has 4 rings (SSSR count). The molecule has 2 heterocycles. The predicted molar refractivity (Wildman–Crippen MR) is 101 cm³/mol. The third-order valence-electron chi connectivity index (χ3n) is 4.11. The Morgan fingerprint density at radius 2 is 1.74 bits per heavy atom. The molecule has 0 saturated heterocycles. The summed E-state index contributed by atoms with van der Waals surface area (Å²) in [7, 11) is 0. The van der Waals surface area contributed by atoms with Gasteiger partial charge in [0.2, 0.25) is 6.79 Å². The van der Waals surface area contributed by atoms with E-state index in [-0.39, 0.29) is 6.79 Å². The lowest BCUT2D eigenvalue weighted by molar-refractivity contribution is 0.174. The number of fused-ring (bicyclic) bond motifs is 1. The minimum atomic E-state index is 0.227. The molecule has 1 aliphatic rings. The van der Waals surface area contributed by atoms with E-state index >= 15 is 0 Å². The van der Waals surface area contributed by atoms with Crippen LogP contribution in [0.4, 0.5) is 0 Å². The Labute approximate surface area is 160 Å². The molecule has 0 atom stereocenters. The van der Waals surface area contributed by atoms with Crippen LogP contribution in [0.3, 0.4) is 0 Å². The average Bonchev–Trinajstić information content (AvgIpc) is 3.20. The number of hydrogen-bond acceptors (Lipinski definition) is 6. The molecule has 1 aliphatic heterocycles. The fourth-order valence-electron chi connectivity index (χ4n) is 2.68. The minimum absolute atomic E-state index is 0.227. The molecule has 130 valence electrons. The third-order valence-corrected chi connectivity index (χ3v) is 5.17. The second-order valence-corrected chi connectivity index (χ2v) is 6.79. The topological polar surface area (TPSA) is 78.9 Å². The van der Waals surface area contributed by atoms with Gasteiger partial charge in [0.1, 0.15) is 11.1 Å². The first kappa shape index (κ1) is 17.0. The molecule has 5 nitrogen and oxygen atoms in total. The van der Waals surface area contributed by atoms with Gasteiger partial charge >= 0.3 is 0 Å². The zero-order valence-corrected chi connectivity index (χ0v) is 15.0. The van der Waals surface area contributed by atoms with Crippen LogP contribution in [0.15, 0.2) is 59.6 Å². The largest absolute Gasteiger partial charge is 0.454 e. The zero-order chi connectivity index (χ0) is 18.6. The summed E-state index contributed by atoms with van der Waals surface area (Å²) in [5.41, 5.74) is 3.92.